The van der Waals surface area contributed by atoms with Gasteiger partial charge in [-0.05, 0) is 20.3 Å². The van der Waals surface area contributed by atoms with Crippen LogP contribution in [-0.4, -0.2) is 15.0 Å². The van der Waals surface area contributed by atoms with Crippen molar-refractivity contribution in [3.63, 3.8) is 0 Å². The van der Waals surface area contributed by atoms with Crippen LogP contribution in [0.2, 0.25) is 0 Å². The molecular weight excluding hydrogens is 232 g/mol. The maximum atomic E-state index is 4.35. The highest BCUT2D eigenvalue weighted by Crippen LogP contribution is 2.24. The van der Waals surface area contributed by atoms with Crippen molar-refractivity contribution in [1.82, 2.24) is 15.0 Å². The smallest absolute Gasteiger partial charge is 0.133 e. The van der Waals surface area contributed by atoms with Gasteiger partial charge in [0.1, 0.15) is 17.2 Å². The molecule has 2 aromatic rings. The van der Waals surface area contributed by atoms with Crippen LogP contribution in [0.3, 0.4) is 0 Å². The first-order valence-corrected chi connectivity index (χ1v) is 6.54. The number of hydrogen-bond donors (Lipinski definition) is 1. The van der Waals surface area contributed by atoms with Crippen molar-refractivity contribution in [2.24, 2.45) is 0 Å². The van der Waals surface area contributed by atoms with E-state index in [1.165, 1.54) is 0 Å². The highest BCUT2D eigenvalue weighted by molar-refractivity contribution is 7.09. The van der Waals surface area contributed by atoms with Gasteiger partial charge in [0.2, 0.25) is 0 Å². The van der Waals surface area contributed by atoms with Crippen LogP contribution in [0.15, 0.2) is 17.9 Å². The molecule has 2 heterocycles. The van der Waals surface area contributed by atoms with E-state index in [1.807, 2.05) is 25.4 Å². The maximum Gasteiger partial charge on any atom is 0.133 e. The minimum Gasteiger partial charge on any atom is -0.361 e. The lowest BCUT2D eigenvalue weighted by Crippen LogP contribution is -2.12. The van der Waals surface area contributed by atoms with Crippen LogP contribution in [0.25, 0.3) is 0 Å². The SMILES string of the molecule is CC[C@H](Nc1ncnc(C)c1C)c1nccs1. The molecule has 0 amide bonds. The van der Waals surface area contributed by atoms with E-state index in [2.05, 4.69) is 27.2 Å². The Morgan fingerprint density at radius 2 is 2.12 bits per heavy atom. The molecule has 0 radical (unpaired) electrons. The van der Waals surface area contributed by atoms with Crippen molar-refractivity contribution in [3.8, 4) is 0 Å². The molecule has 90 valence electrons. The zero-order chi connectivity index (χ0) is 12.3. The Labute approximate surface area is 105 Å². The van der Waals surface area contributed by atoms with E-state index in [-0.39, 0.29) is 6.04 Å². The summed E-state index contributed by atoms with van der Waals surface area (Å²) in [6.45, 7) is 6.17. The Balaban J connectivity index is 2.22. The number of aromatic nitrogens is 3. The molecule has 0 bridgehead atoms. The van der Waals surface area contributed by atoms with E-state index in [4.69, 9.17) is 0 Å². The molecule has 1 N–H and O–H groups in total. The van der Waals surface area contributed by atoms with Gasteiger partial charge in [0.25, 0.3) is 0 Å². The Hall–Kier alpha value is -1.49. The standard InChI is InChI=1S/C12H16N4S/c1-4-10(12-13-5-6-17-12)16-11-8(2)9(3)14-7-15-11/h5-7,10H,4H2,1-3H3,(H,14,15,16)/t10-/m0/s1. The molecule has 0 fully saturated rings. The predicted molar refractivity (Wildman–Crippen MR) is 70.3 cm³/mol. The van der Waals surface area contributed by atoms with Crippen molar-refractivity contribution in [2.75, 3.05) is 5.32 Å². The quantitative estimate of drug-likeness (QED) is 0.903. The van der Waals surface area contributed by atoms with Crippen LogP contribution in [0.1, 0.15) is 35.7 Å². The monoisotopic (exact) mass is 248 g/mol. The third-order valence-electron chi connectivity index (χ3n) is 2.80. The molecule has 1 atom stereocenters. The average molecular weight is 248 g/mol. The summed E-state index contributed by atoms with van der Waals surface area (Å²) in [6, 6.07) is 0.225. The largest absolute Gasteiger partial charge is 0.361 e. The highest BCUT2D eigenvalue weighted by Gasteiger charge is 2.14. The molecule has 5 heteroatoms. The lowest BCUT2D eigenvalue weighted by Gasteiger charge is -2.16. The minimum atomic E-state index is 0.225. The molecule has 4 nitrogen and oxygen atoms in total. The second-order valence-corrected chi connectivity index (χ2v) is 4.83. The van der Waals surface area contributed by atoms with Crippen LogP contribution in [0, 0.1) is 13.8 Å². The Morgan fingerprint density at radius 3 is 2.76 bits per heavy atom. The fourth-order valence-electron chi connectivity index (χ4n) is 1.59. The topological polar surface area (TPSA) is 50.7 Å². The summed E-state index contributed by atoms with van der Waals surface area (Å²) in [7, 11) is 0. The van der Waals surface area contributed by atoms with Gasteiger partial charge >= 0.3 is 0 Å². The van der Waals surface area contributed by atoms with Crippen LogP contribution in [0.4, 0.5) is 5.82 Å². The van der Waals surface area contributed by atoms with E-state index < -0.39 is 0 Å². The molecule has 0 saturated carbocycles. The van der Waals surface area contributed by atoms with Crippen molar-refractivity contribution >= 4 is 17.2 Å². The van der Waals surface area contributed by atoms with E-state index in [1.54, 1.807) is 17.7 Å². The third-order valence-corrected chi connectivity index (χ3v) is 3.69. The first-order chi connectivity index (χ1) is 8.22. The molecular formula is C12H16N4S. The molecule has 0 unspecified atom stereocenters. The molecule has 2 rings (SSSR count). The molecule has 0 aromatic carbocycles. The van der Waals surface area contributed by atoms with Crippen molar-refractivity contribution in [3.05, 3.63) is 34.2 Å². The van der Waals surface area contributed by atoms with Gasteiger partial charge < -0.3 is 5.32 Å². The van der Waals surface area contributed by atoms with Gasteiger partial charge in [0, 0.05) is 22.8 Å². The zero-order valence-electron chi connectivity index (χ0n) is 10.3. The van der Waals surface area contributed by atoms with Crippen LogP contribution >= 0.6 is 11.3 Å². The molecule has 0 aliphatic heterocycles. The summed E-state index contributed by atoms with van der Waals surface area (Å²) in [4.78, 5) is 12.8. The molecule has 0 saturated heterocycles. The average Bonchev–Trinajstić information content (AvgIpc) is 2.85. The van der Waals surface area contributed by atoms with Crippen LogP contribution < -0.4 is 5.32 Å². The van der Waals surface area contributed by atoms with E-state index in [9.17, 15) is 0 Å². The van der Waals surface area contributed by atoms with Crippen LogP contribution in [-0.2, 0) is 0 Å². The molecule has 0 spiro atoms. The summed E-state index contributed by atoms with van der Waals surface area (Å²) in [5, 5.41) is 6.53. The first-order valence-electron chi connectivity index (χ1n) is 5.66. The normalized spacial score (nSPS) is 12.4. The predicted octanol–water partition coefficient (Wildman–Crippen LogP) is 3.11. The van der Waals surface area contributed by atoms with Crippen molar-refractivity contribution in [1.29, 1.82) is 0 Å². The fraction of sp³-hybridized carbons (Fsp3) is 0.417. The van der Waals surface area contributed by atoms with Gasteiger partial charge in [-0.2, -0.15) is 0 Å². The number of hydrogen-bond acceptors (Lipinski definition) is 5. The minimum absolute atomic E-state index is 0.225. The third kappa shape index (κ3) is 2.61. The van der Waals surface area contributed by atoms with Gasteiger partial charge in [-0.1, -0.05) is 6.92 Å². The Kier molecular flexibility index (Phi) is 3.68. The number of rotatable bonds is 4. The molecule has 17 heavy (non-hydrogen) atoms. The Bertz CT molecular complexity index is 481. The van der Waals surface area contributed by atoms with Gasteiger partial charge in [-0.3, -0.25) is 0 Å². The highest BCUT2D eigenvalue weighted by atomic mass is 32.1. The second kappa shape index (κ2) is 5.23. The van der Waals surface area contributed by atoms with Gasteiger partial charge in [-0.15, -0.1) is 11.3 Å². The molecule has 0 aliphatic rings. The molecule has 0 aliphatic carbocycles. The van der Waals surface area contributed by atoms with Gasteiger partial charge in [0.05, 0.1) is 6.04 Å². The van der Waals surface area contributed by atoms with E-state index in [0.717, 1.165) is 28.5 Å². The lowest BCUT2D eigenvalue weighted by molar-refractivity contribution is 0.735. The fourth-order valence-corrected chi connectivity index (χ4v) is 2.37. The summed E-state index contributed by atoms with van der Waals surface area (Å²) >= 11 is 1.67. The summed E-state index contributed by atoms with van der Waals surface area (Å²) in [6.07, 6.45) is 4.41. The number of anilines is 1. The van der Waals surface area contributed by atoms with E-state index >= 15 is 0 Å². The van der Waals surface area contributed by atoms with Crippen molar-refractivity contribution in [2.45, 2.75) is 33.2 Å². The van der Waals surface area contributed by atoms with Gasteiger partial charge in [0.15, 0.2) is 0 Å². The van der Waals surface area contributed by atoms with Crippen molar-refractivity contribution < 1.29 is 0 Å². The Morgan fingerprint density at radius 1 is 1.29 bits per heavy atom. The van der Waals surface area contributed by atoms with Crippen LogP contribution in [0.5, 0.6) is 0 Å². The first kappa shape index (κ1) is 12.0. The number of nitrogens with one attached hydrogen (secondary N) is 1. The number of aryl methyl sites for hydroxylation is 1. The summed E-state index contributed by atoms with van der Waals surface area (Å²) in [5.74, 6) is 0.902. The summed E-state index contributed by atoms with van der Waals surface area (Å²) < 4.78 is 0. The lowest BCUT2D eigenvalue weighted by atomic mass is 10.2. The number of nitrogens with zero attached hydrogens (tertiary/aromatic N) is 3. The zero-order valence-corrected chi connectivity index (χ0v) is 11.1. The summed E-state index contributed by atoms with van der Waals surface area (Å²) in [5.41, 5.74) is 2.11. The molecule has 2 aromatic heterocycles. The maximum absolute atomic E-state index is 4.35. The van der Waals surface area contributed by atoms with E-state index in [0.29, 0.717) is 0 Å². The number of thiazole rings is 1. The van der Waals surface area contributed by atoms with Gasteiger partial charge in [-0.25, -0.2) is 15.0 Å². The second-order valence-electron chi connectivity index (χ2n) is 3.91.